The van der Waals surface area contributed by atoms with Gasteiger partial charge in [-0.15, -0.1) is 0 Å². The van der Waals surface area contributed by atoms with Crippen LogP contribution in [-0.2, 0) is 9.59 Å². The number of amides is 2. The van der Waals surface area contributed by atoms with E-state index in [1.165, 1.54) is 18.9 Å². The van der Waals surface area contributed by atoms with Crippen molar-refractivity contribution < 1.29 is 9.59 Å². The van der Waals surface area contributed by atoms with E-state index in [9.17, 15) is 9.59 Å². The molecule has 0 saturated carbocycles. The summed E-state index contributed by atoms with van der Waals surface area (Å²) in [6.07, 6.45) is 0.667. The summed E-state index contributed by atoms with van der Waals surface area (Å²) in [5, 5.41) is 12.8. The molecular weight excluding hydrogens is 310 g/mol. The van der Waals surface area contributed by atoms with E-state index in [0.29, 0.717) is 6.42 Å². The van der Waals surface area contributed by atoms with E-state index in [4.69, 9.17) is 0 Å². The second-order valence-corrected chi connectivity index (χ2v) is 6.23. The van der Waals surface area contributed by atoms with Gasteiger partial charge in [-0.2, -0.15) is 16.4 Å². The van der Waals surface area contributed by atoms with Crippen LogP contribution in [0.5, 0.6) is 0 Å². The van der Waals surface area contributed by atoms with Crippen LogP contribution in [0.2, 0.25) is 0 Å². The molecule has 0 fully saturated rings. The molecule has 1 aliphatic heterocycles. The molecule has 1 aromatic heterocycles. The summed E-state index contributed by atoms with van der Waals surface area (Å²) in [6, 6.07) is 9.43. The van der Waals surface area contributed by atoms with Gasteiger partial charge in [0.1, 0.15) is 0 Å². The van der Waals surface area contributed by atoms with Crippen molar-refractivity contribution in [2.75, 3.05) is 5.32 Å². The molecule has 0 bridgehead atoms. The van der Waals surface area contributed by atoms with Crippen LogP contribution in [0.15, 0.2) is 46.2 Å². The van der Waals surface area contributed by atoms with Crippen LogP contribution in [-0.4, -0.2) is 22.5 Å². The number of hydrazone groups is 1. The largest absolute Gasteiger partial charge is 0.326 e. The monoisotopic (exact) mass is 327 g/mol. The molecule has 1 atom stereocenters. The Morgan fingerprint density at radius 1 is 1.30 bits per heavy atom. The lowest BCUT2D eigenvalue weighted by molar-refractivity contribution is -0.130. The number of nitrogens with zero attached hydrogens (tertiary/aromatic N) is 2. The first-order valence-electron chi connectivity index (χ1n) is 7.32. The fraction of sp³-hybridized carbons (Fsp3) is 0.235. The Kier molecular flexibility index (Phi) is 4.25. The van der Waals surface area contributed by atoms with Crippen LogP contribution in [0.25, 0.3) is 0 Å². The Labute approximate surface area is 138 Å². The summed E-state index contributed by atoms with van der Waals surface area (Å²) < 4.78 is 0. The second-order valence-electron chi connectivity index (χ2n) is 5.45. The van der Waals surface area contributed by atoms with Gasteiger partial charge in [0.15, 0.2) is 0 Å². The van der Waals surface area contributed by atoms with Gasteiger partial charge in [0.2, 0.25) is 11.8 Å². The van der Waals surface area contributed by atoms with E-state index in [2.05, 4.69) is 10.4 Å². The van der Waals surface area contributed by atoms with Crippen LogP contribution >= 0.6 is 11.3 Å². The van der Waals surface area contributed by atoms with Gasteiger partial charge in [0, 0.05) is 31.5 Å². The molecule has 0 radical (unpaired) electrons. The maximum atomic E-state index is 12.0. The van der Waals surface area contributed by atoms with Crippen LogP contribution in [0.4, 0.5) is 5.69 Å². The van der Waals surface area contributed by atoms with E-state index in [1.807, 2.05) is 41.1 Å². The molecule has 5 nitrogen and oxygen atoms in total. The Morgan fingerprint density at radius 3 is 2.78 bits per heavy atom. The van der Waals surface area contributed by atoms with Gasteiger partial charge in [0.25, 0.3) is 0 Å². The van der Waals surface area contributed by atoms with Crippen molar-refractivity contribution in [2.24, 2.45) is 5.10 Å². The molecule has 118 valence electrons. The maximum absolute atomic E-state index is 12.0. The van der Waals surface area contributed by atoms with Crippen LogP contribution in [0, 0.1) is 0 Å². The number of rotatable bonds is 3. The molecule has 6 heteroatoms. The molecule has 1 aromatic carbocycles. The first-order chi connectivity index (χ1) is 11.0. The number of carbonyl (C=O) groups excluding carboxylic acids is 2. The molecule has 1 N–H and O–H groups in total. The fourth-order valence-electron chi connectivity index (χ4n) is 2.69. The normalized spacial score (nSPS) is 17.0. The van der Waals surface area contributed by atoms with Crippen molar-refractivity contribution in [3.05, 3.63) is 52.2 Å². The first-order valence-corrected chi connectivity index (χ1v) is 8.26. The molecule has 0 spiro atoms. The van der Waals surface area contributed by atoms with Crippen molar-refractivity contribution >= 4 is 34.6 Å². The number of thiophene rings is 1. The highest BCUT2D eigenvalue weighted by atomic mass is 32.1. The highest BCUT2D eigenvalue weighted by Crippen LogP contribution is 2.34. The van der Waals surface area contributed by atoms with Crippen molar-refractivity contribution in [2.45, 2.75) is 26.3 Å². The number of hydrogen-bond acceptors (Lipinski definition) is 4. The molecular formula is C17H17N3O2S. The summed E-state index contributed by atoms with van der Waals surface area (Å²) >= 11 is 1.61. The Morgan fingerprint density at radius 2 is 2.13 bits per heavy atom. The van der Waals surface area contributed by atoms with Gasteiger partial charge in [-0.1, -0.05) is 12.1 Å². The molecule has 23 heavy (non-hydrogen) atoms. The number of carbonyl (C=O) groups is 2. The van der Waals surface area contributed by atoms with Gasteiger partial charge < -0.3 is 5.32 Å². The number of anilines is 1. The third-order valence-electron chi connectivity index (χ3n) is 3.68. The Hall–Kier alpha value is -2.47. The zero-order valence-corrected chi connectivity index (χ0v) is 13.8. The standard InChI is InChI=1S/C17H17N3O2S/c1-11(21)18-15-5-3-4-13(8-15)17-9-16(14-6-7-23-10-14)19-20(17)12(2)22/h3-8,10,17H,9H2,1-2H3,(H,18,21)/t17-/m1/s1. The zero-order chi connectivity index (χ0) is 16.4. The predicted molar refractivity (Wildman–Crippen MR) is 91.5 cm³/mol. The number of nitrogens with one attached hydrogen (secondary N) is 1. The second kappa shape index (κ2) is 6.34. The molecule has 0 unspecified atom stereocenters. The van der Waals surface area contributed by atoms with E-state index in [-0.39, 0.29) is 17.9 Å². The van der Waals surface area contributed by atoms with Gasteiger partial charge in [0.05, 0.1) is 11.8 Å². The average Bonchev–Trinajstić information content (AvgIpc) is 3.16. The summed E-state index contributed by atoms with van der Waals surface area (Å²) in [5.41, 5.74) is 3.65. The van der Waals surface area contributed by atoms with Crippen molar-refractivity contribution in [1.82, 2.24) is 5.01 Å². The molecule has 2 heterocycles. The SMILES string of the molecule is CC(=O)Nc1cccc([C@H]2CC(c3ccsc3)=NN2C(C)=O)c1. The fourth-order valence-corrected chi connectivity index (χ4v) is 3.36. The van der Waals surface area contributed by atoms with E-state index in [1.54, 1.807) is 11.3 Å². The quantitative estimate of drug-likeness (QED) is 0.939. The van der Waals surface area contributed by atoms with Crippen LogP contribution < -0.4 is 5.32 Å². The molecule has 0 aliphatic carbocycles. The van der Waals surface area contributed by atoms with E-state index in [0.717, 1.165) is 22.5 Å². The lowest BCUT2D eigenvalue weighted by Crippen LogP contribution is -2.24. The van der Waals surface area contributed by atoms with Gasteiger partial charge in [-0.3, -0.25) is 9.59 Å². The summed E-state index contributed by atoms with van der Waals surface area (Å²) in [4.78, 5) is 23.2. The minimum atomic E-state index is -0.142. The minimum Gasteiger partial charge on any atom is -0.326 e. The third-order valence-corrected chi connectivity index (χ3v) is 4.36. The Balaban J connectivity index is 1.90. The van der Waals surface area contributed by atoms with Crippen molar-refractivity contribution in [3.8, 4) is 0 Å². The average molecular weight is 327 g/mol. The van der Waals surface area contributed by atoms with E-state index >= 15 is 0 Å². The smallest absolute Gasteiger partial charge is 0.240 e. The number of benzene rings is 1. The van der Waals surface area contributed by atoms with Crippen LogP contribution in [0.1, 0.15) is 37.4 Å². The lowest BCUT2D eigenvalue weighted by Gasteiger charge is -2.21. The van der Waals surface area contributed by atoms with Crippen molar-refractivity contribution in [3.63, 3.8) is 0 Å². The molecule has 2 amide bonds. The zero-order valence-electron chi connectivity index (χ0n) is 12.9. The first kappa shape index (κ1) is 15.4. The summed E-state index contributed by atoms with van der Waals surface area (Å²) in [6.45, 7) is 2.99. The van der Waals surface area contributed by atoms with E-state index < -0.39 is 0 Å². The molecule has 2 aromatic rings. The van der Waals surface area contributed by atoms with Crippen LogP contribution in [0.3, 0.4) is 0 Å². The third kappa shape index (κ3) is 3.32. The molecule has 1 aliphatic rings. The van der Waals surface area contributed by atoms with Gasteiger partial charge >= 0.3 is 0 Å². The van der Waals surface area contributed by atoms with Gasteiger partial charge in [-0.25, -0.2) is 5.01 Å². The molecule has 3 rings (SSSR count). The predicted octanol–water partition coefficient (Wildman–Crippen LogP) is 3.40. The Bertz CT molecular complexity index is 768. The topological polar surface area (TPSA) is 61.8 Å². The lowest BCUT2D eigenvalue weighted by atomic mass is 9.99. The highest BCUT2D eigenvalue weighted by molar-refractivity contribution is 7.08. The minimum absolute atomic E-state index is 0.0924. The maximum Gasteiger partial charge on any atom is 0.240 e. The number of hydrogen-bond donors (Lipinski definition) is 1. The highest BCUT2D eigenvalue weighted by Gasteiger charge is 2.31. The summed E-state index contributed by atoms with van der Waals surface area (Å²) in [7, 11) is 0. The summed E-state index contributed by atoms with van der Waals surface area (Å²) in [5.74, 6) is -0.211. The van der Waals surface area contributed by atoms with Crippen molar-refractivity contribution in [1.29, 1.82) is 0 Å². The van der Waals surface area contributed by atoms with Gasteiger partial charge in [-0.05, 0) is 34.5 Å². The molecule has 0 saturated heterocycles.